The van der Waals surface area contributed by atoms with Gasteiger partial charge in [-0.15, -0.1) is 11.3 Å². The topological polar surface area (TPSA) is 112 Å². The summed E-state index contributed by atoms with van der Waals surface area (Å²) in [5.74, 6) is -3.41. The lowest BCUT2D eigenvalue weighted by Crippen LogP contribution is -2.42. The van der Waals surface area contributed by atoms with Gasteiger partial charge in [0, 0.05) is 22.7 Å². The molecule has 0 bridgehead atoms. The van der Waals surface area contributed by atoms with Gasteiger partial charge in [-0.1, -0.05) is 19.3 Å². The number of aryl methyl sites for hydroxylation is 1. The van der Waals surface area contributed by atoms with Crippen molar-refractivity contribution in [1.82, 2.24) is 0 Å². The van der Waals surface area contributed by atoms with Crippen LogP contribution in [0.25, 0.3) is 0 Å². The van der Waals surface area contributed by atoms with Gasteiger partial charge in [-0.05, 0) is 44.1 Å². The van der Waals surface area contributed by atoms with E-state index in [1.807, 2.05) is 0 Å². The first-order chi connectivity index (χ1) is 12.0. The average Bonchev–Trinajstić information content (AvgIpc) is 2.76. The number of carboxylic acids is 1. The highest BCUT2D eigenvalue weighted by molar-refractivity contribution is 7.17. The molecule has 136 valence electrons. The summed E-state index contributed by atoms with van der Waals surface area (Å²) in [5, 5.41) is 14.6. The van der Waals surface area contributed by atoms with Gasteiger partial charge in [-0.2, -0.15) is 0 Å². The average molecular weight is 363 g/mol. The molecule has 0 saturated heterocycles. The largest absolute Gasteiger partial charge is 0.550 e. The molecule has 6 nitrogen and oxygen atoms in total. The van der Waals surface area contributed by atoms with E-state index in [4.69, 9.17) is 5.73 Å². The van der Waals surface area contributed by atoms with Crippen molar-refractivity contribution in [3.63, 3.8) is 0 Å². The number of carbonyl (C=O) groups is 3. The van der Waals surface area contributed by atoms with Crippen LogP contribution in [0, 0.1) is 11.8 Å². The Labute approximate surface area is 150 Å². The minimum absolute atomic E-state index is 0.340. The molecule has 0 radical (unpaired) electrons. The van der Waals surface area contributed by atoms with E-state index in [2.05, 4.69) is 5.32 Å². The van der Waals surface area contributed by atoms with Crippen molar-refractivity contribution >= 4 is 34.1 Å². The fourth-order valence-corrected chi connectivity index (χ4v) is 5.32. The highest BCUT2D eigenvalue weighted by Crippen LogP contribution is 2.38. The molecule has 0 aliphatic heterocycles. The number of thiophene rings is 1. The van der Waals surface area contributed by atoms with E-state index in [9.17, 15) is 19.5 Å². The molecule has 25 heavy (non-hydrogen) atoms. The Morgan fingerprint density at radius 3 is 2.36 bits per heavy atom. The molecule has 0 unspecified atom stereocenters. The first kappa shape index (κ1) is 17.9. The van der Waals surface area contributed by atoms with E-state index >= 15 is 0 Å². The van der Waals surface area contributed by atoms with E-state index in [1.165, 1.54) is 11.3 Å². The van der Waals surface area contributed by atoms with Crippen LogP contribution in [0.2, 0.25) is 0 Å². The van der Waals surface area contributed by atoms with E-state index < -0.39 is 23.7 Å². The second kappa shape index (κ2) is 7.56. The number of nitrogens with one attached hydrogen (secondary N) is 1. The lowest BCUT2D eigenvalue weighted by atomic mass is 9.79. The molecular weight excluding hydrogens is 340 g/mol. The number of primary amides is 1. The monoisotopic (exact) mass is 363 g/mol. The molecule has 2 amide bonds. The number of hydrogen-bond donors (Lipinski definition) is 2. The highest BCUT2D eigenvalue weighted by Gasteiger charge is 2.33. The van der Waals surface area contributed by atoms with Crippen molar-refractivity contribution in [2.24, 2.45) is 17.6 Å². The number of aliphatic carboxylic acids is 1. The molecular formula is C18H23N2O4S-. The molecule has 7 heteroatoms. The van der Waals surface area contributed by atoms with E-state index in [0.29, 0.717) is 23.4 Å². The second-order valence-corrected chi connectivity index (χ2v) is 8.04. The van der Waals surface area contributed by atoms with Gasteiger partial charge in [0.25, 0.3) is 5.91 Å². The summed E-state index contributed by atoms with van der Waals surface area (Å²) in [6.45, 7) is 0. The molecule has 1 saturated carbocycles. The molecule has 1 aromatic heterocycles. The molecule has 0 aromatic carbocycles. The van der Waals surface area contributed by atoms with Crippen molar-refractivity contribution in [2.45, 2.75) is 57.8 Å². The van der Waals surface area contributed by atoms with Crippen molar-refractivity contribution < 1.29 is 19.5 Å². The van der Waals surface area contributed by atoms with Crippen LogP contribution in [0.1, 0.15) is 65.7 Å². The summed E-state index contributed by atoms with van der Waals surface area (Å²) in [5.41, 5.74) is 6.95. The van der Waals surface area contributed by atoms with Gasteiger partial charge in [0.05, 0.1) is 5.56 Å². The Hall–Kier alpha value is -1.89. The van der Waals surface area contributed by atoms with Gasteiger partial charge in [0.15, 0.2) is 0 Å². The van der Waals surface area contributed by atoms with Gasteiger partial charge >= 0.3 is 0 Å². The van der Waals surface area contributed by atoms with Crippen LogP contribution >= 0.6 is 11.3 Å². The SMILES string of the molecule is NC(=O)c1c(NC(=O)[C@@H]2CCCC[C@H]2C(=O)[O-])sc2c1CCCCC2. The summed E-state index contributed by atoms with van der Waals surface area (Å²) in [4.78, 5) is 37.1. The summed E-state index contributed by atoms with van der Waals surface area (Å²) in [6.07, 6.45) is 7.49. The lowest BCUT2D eigenvalue weighted by Gasteiger charge is -2.31. The maximum absolute atomic E-state index is 12.7. The molecule has 1 aromatic rings. The predicted octanol–water partition coefficient (Wildman–Crippen LogP) is 1.61. The zero-order valence-electron chi connectivity index (χ0n) is 14.1. The Kier molecular flexibility index (Phi) is 5.42. The van der Waals surface area contributed by atoms with Crippen molar-refractivity contribution in [1.29, 1.82) is 0 Å². The van der Waals surface area contributed by atoms with Gasteiger partial charge < -0.3 is 21.0 Å². The molecule has 1 fully saturated rings. The van der Waals surface area contributed by atoms with Gasteiger partial charge in [-0.25, -0.2) is 0 Å². The van der Waals surface area contributed by atoms with Crippen LogP contribution in [0.5, 0.6) is 0 Å². The zero-order valence-corrected chi connectivity index (χ0v) is 15.0. The van der Waals surface area contributed by atoms with Crippen LogP contribution in [-0.4, -0.2) is 17.8 Å². The summed E-state index contributed by atoms with van der Waals surface area (Å²) >= 11 is 1.41. The van der Waals surface area contributed by atoms with Gasteiger partial charge in [0.1, 0.15) is 5.00 Å². The number of carbonyl (C=O) groups excluding carboxylic acids is 3. The number of hydrogen-bond acceptors (Lipinski definition) is 5. The third-order valence-electron chi connectivity index (χ3n) is 5.31. The summed E-state index contributed by atoms with van der Waals surface area (Å²) in [7, 11) is 0. The molecule has 2 atom stereocenters. The number of nitrogens with two attached hydrogens (primary N) is 1. The Morgan fingerprint density at radius 2 is 1.68 bits per heavy atom. The van der Waals surface area contributed by atoms with E-state index in [-0.39, 0.29) is 5.91 Å². The quantitative estimate of drug-likeness (QED) is 0.791. The van der Waals surface area contributed by atoms with Crippen molar-refractivity contribution in [3.05, 3.63) is 16.0 Å². The first-order valence-corrected chi connectivity index (χ1v) is 9.76. The van der Waals surface area contributed by atoms with Crippen LogP contribution in [0.15, 0.2) is 0 Å². The molecule has 2 aliphatic carbocycles. The number of carboxylic acid groups (broad SMARTS) is 1. The number of anilines is 1. The van der Waals surface area contributed by atoms with Crippen LogP contribution in [0.4, 0.5) is 5.00 Å². The summed E-state index contributed by atoms with van der Waals surface area (Å²) in [6, 6.07) is 0. The van der Waals surface area contributed by atoms with E-state index in [0.717, 1.165) is 55.4 Å². The third kappa shape index (κ3) is 3.71. The van der Waals surface area contributed by atoms with Gasteiger partial charge in [0.2, 0.25) is 5.91 Å². The van der Waals surface area contributed by atoms with Crippen LogP contribution < -0.4 is 16.2 Å². The predicted molar refractivity (Wildman–Crippen MR) is 93.2 cm³/mol. The lowest BCUT2D eigenvalue weighted by molar-refractivity contribution is -0.313. The summed E-state index contributed by atoms with van der Waals surface area (Å²) < 4.78 is 0. The third-order valence-corrected chi connectivity index (χ3v) is 6.52. The van der Waals surface area contributed by atoms with E-state index in [1.54, 1.807) is 0 Å². The fraction of sp³-hybridized carbons (Fsp3) is 0.611. The maximum atomic E-state index is 12.7. The molecule has 3 N–H and O–H groups in total. The Balaban J connectivity index is 1.85. The standard InChI is InChI=1S/C18H24N2O4S/c19-15(21)14-12-8-2-1-3-9-13(12)25-17(14)20-16(22)10-6-4-5-7-11(10)18(23)24/h10-11H,1-9H2,(H2,19,21)(H,20,22)(H,23,24)/p-1/t10-,11-/m1/s1. The second-order valence-electron chi connectivity index (χ2n) is 6.94. The Morgan fingerprint density at radius 1 is 1.00 bits per heavy atom. The maximum Gasteiger partial charge on any atom is 0.251 e. The molecule has 3 rings (SSSR count). The molecule has 1 heterocycles. The molecule has 0 spiro atoms. The normalized spacial score (nSPS) is 23.4. The minimum Gasteiger partial charge on any atom is -0.550 e. The van der Waals surface area contributed by atoms with Crippen molar-refractivity contribution in [2.75, 3.05) is 5.32 Å². The molecule has 2 aliphatic rings. The first-order valence-electron chi connectivity index (χ1n) is 8.95. The van der Waals surface area contributed by atoms with Gasteiger partial charge in [-0.3, -0.25) is 9.59 Å². The number of rotatable bonds is 4. The number of fused-ring (bicyclic) bond motifs is 1. The fourth-order valence-electron chi connectivity index (χ4n) is 4.02. The highest BCUT2D eigenvalue weighted by atomic mass is 32.1. The number of amides is 2. The Bertz CT molecular complexity index is 697. The minimum atomic E-state index is -1.17. The zero-order chi connectivity index (χ0) is 18.0. The smallest absolute Gasteiger partial charge is 0.251 e. The van der Waals surface area contributed by atoms with Crippen molar-refractivity contribution in [3.8, 4) is 0 Å². The van der Waals surface area contributed by atoms with Crippen LogP contribution in [0.3, 0.4) is 0 Å². The van der Waals surface area contributed by atoms with Crippen LogP contribution in [-0.2, 0) is 22.4 Å².